The minimum absolute atomic E-state index is 0.101. The molecule has 0 fully saturated rings. The van der Waals surface area contributed by atoms with E-state index in [1.54, 1.807) is 22.6 Å². The fourth-order valence-electron chi connectivity index (χ4n) is 1.46. The first-order valence-electron chi connectivity index (χ1n) is 5.16. The van der Waals surface area contributed by atoms with Crippen LogP contribution in [0.1, 0.15) is 11.7 Å². The first kappa shape index (κ1) is 12.4. The fourth-order valence-corrected chi connectivity index (χ4v) is 2.67. The van der Waals surface area contributed by atoms with Crippen LogP contribution in [0.3, 0.4) is 0 Å². The lowest BCUT2D eigenvalue weighted by Crippen LogP contribution is -2.16. The molecule has 2 rings (SSSR count). The smallest absolute Gasteiger partial charge is 0.0759 e. The third-order valence-electron chi connectivity index (χ3n) is 2.38. The van der Waals surface area contributed by atoms with Gasteiger partial charge in [0.25, 0.3) is 0 Å². The molecule has 17 heavy (non-hydrogen) atoms. The molecule has 0 bridgehead atoms. The molecule has 6 heteroatoms. The largest absolute Gasteiger partial charge is 0.322 e. The first-order chi connectivity index (χ1) is 8.18. The monoisotopic (exact) mass is 268 g/mol. The van der Waals surface area contributed by atoms with Crippen LogP contribution in [0.5, 0.6) is 0 Å². The summed E-state index contributed by atoms with van der Waals surface area (Å²) in [4.78, 5) is 1.04. The molecule has 1 aromatic heterocycles. The van der Waals surface area contributed by atoms with Gasteiger partial charge in [0, 0.05) is 17.7 Å². The van der Waals surface area contributed by atoms with Gasteiger partial charge in [0.05, 0.1) is 23.0 Å². The zero-order valence-electron chi connectivity index (χ0n) is 9.38. The van der Waals surface area contributed by atoms with Crippen molar-refractivity contribution < 1.29 is 0 Å². The fraction of sp³-hybridized carbons (Fsp3) is 0.273. The average molecular weight is 269 g/mol. The summed E-state index contributed by atoms with van der Waals surface area (Å²) >= 11 is 7.71. The van der Waals surface area contributed by atoms with Crippen LogP contribution in [-0.2, 0) is 7.05 Å². The maximum atomic E-state index is 6.07. The lowest BCUT2D eigenvalue weighted by atomic mass is 10.3. The molecule has 0 aliphatic heterocycles. The molecular weight excluding hydrogens is 256 g/mol. The molecule has 0 saturated heterocycles. The highest BCUT2D eigenvalue weighted by Crippen LogP contribution is 2.28. The second-order valence-electron chi connectivity index (χ2n) is 3.63. The molecule has 90 valence electrons. The third kappa shape index (κ3) is 3.00. The molecule has 0 spiro atoms. The van der Waals surface area contributed by atoms with Gasteiger partial charge in [0.15, 0.2) is 0 Å². The molecule has 4 nitrogen and oxygen atoms in total. The molecule has 0 aliphatic carbocycles. The standard InChI is InChI=1S/C11H13ClN4S/c1-16-10(6-14-15-16)9(13)7-17-11-5-3-2-4-8(11)12/h2-6,9H,7,13H2,1H3. The van der Waals surface area contributed by atoms with Crippen LogP contribution in [0.15, 0.2) is 35.4 Å². The maximum absolute atomic E-state index is 6.07. The number of nitrogens with two attached hydrogens (primary N) is 1. The Hall–Kier alpha value is -1.04. The number of rotatable bonds is 4. The Balaban J connectivity index is 2.00. The number of hydrogen-bond acceptors (Lipinski definition) is 4. The van der Waals surface area contributed by atoms with E-state index >= 15 is 0 Å². The molecular formula is C11H13ClN4S. The Morgan fingerprint density at radius 3 is 2.88 bits per heavy atom. The molecule has 1 unspecified atom stereocenters. The molecule has 0 amide bonds. The van der Waals surface area contributed by atoms with Crippen molar-refractivity contribution in [2.45, 2.75) is 10.9 Å². The van der Waals surface area contributed by atoms with E-state index in [0.717, 1.165) is 21.4 Å². The zero-order chi connectivity index (χ0) is 12.3. The summed E-state index contributed by atoms with van der Waals surface area (Å²) in [5.41, 5.74) is 6.99. The van der Waals surface area contributed by atoms with Crippen LogP contribution in [0.4, 0.5) is 0 Å². The lowest BCUT2D eigenvalue weighted by Gasteiger charge is -2.11. The normalized spacial score (nSPS) is 12.6. The van der Waals surface area contributed by atoms with Crippen molar-refractivity contribution in [3.8, 4) is 0 Å². The van der Waals surface area contributed by atoms with Gasteiger partial charge in [-0.15, -0.1) is 16.9 Å². The van der Waals surface area contributed by atoms with Gasteiger partial charge in [0.1, 0.15) is 0 Å². The molecule has 0 saturated carbocycles. The van der Waals surface area contributed by atoms with Crippen LogP contribution in [0.2, 0.25) is 5.02 Å². The zero-order valence-corrected chi connectivity index (χ0v) is 10.9. The number of aromatic nitrogens is 3. The predicted molar refractivity (Wildman–Crippen MR) is 70.1 cm³/mol. The van der Waals surface area contributed by atoms with E-state index in [2.05, 4.69) is 10.3 Å². The van der Waals surface area contributed by atoms with Gasteiger partial charge >= 0.3 is 0 Å². The summed E-state index contributed by atoms with van der Waals surface area (Å²) in [5.74, 6) is 0.741. The van der Waals surface area contributed by atoms with E-state index < -0.39 is 0 Å². The van der Waals surface area contributed by atoms with Crippen LogP contribution in [0.25, 0.3) is 0 Å². The SMILES string of the molecule is Cn1nncc1C(N)CSc1ccccc1Cl. The highest BCUT2D eigenvalue weighted by Gasteiger charge is 2.12. The second-order valence-corrected chi connectivity index (χ2v) is 5.10. The van der Waals surface area contributed by atoms with Gasteiger partial charge < -0.3 is 5.73 Å². The van der Waals surface area contributed by atoms with Gasteiger partial charge in [-0.05, 0) is 12.1 Å². The number of nitrogens with zero attached hydrogens (tertiary/aromatic N) is 3. The number of hydrogen-bond donors (Lipinski definition) is 1. The Labute approximate surface area is 109 Å². The van der Waals surface area contributed by atoms with Crippen molar-refractivity contribution in [1.29, 1.82) is 0 Å². The van der Waals surface area contributed by atoms with Crippen molar-refractivity contribution in [3.63, 3.8) is 0 Å². The summed E-state index contributed by atoms with van der Waals surface area (Å²) in [7, 11) is 1.84. The summed E-state index contributed by atoms with van der Waals surface area (Å²) in [6, 6.07) is 7.64. The van der Waals surface area contributed by atoms with Crippen LogP contribution in [-0.4, -0.2) is 20.7 Å². The van der Waals surface area contributed by atoms with Crippen molar-refractivity contribution in [1.82, 2.24) is 15.0 Å². The molecule has 1 atom stereocenters. The van der Waals surface area contributed by atoms with Gasteiger partial charge in [-0.3, -0.25) is 4.68 Å². The first-order valence-corrected chi connectivity index (χ1v) is 6.52. The van der Waals surface area contributed by atoms with Gasteiger partial charge in [0.2, 0.25) is 0 Å². The quantitative estimate of drug-likeness (QED) is 0.865. The topological polar surface area (TPSA) is 56.7 Å². The van der Waals surface area contributed by atoms with Gasteiger partial charge in [-0.1, -0.05) is 28.9 Å². The van der Waals surface area contributed by atoms with Crippen LogP contribution >= 0.6 is 23.4 Å². The number of aryl methyl sites for hydroxylation is 1. The number of halogens is 1. The van der Waals surface area contributed by atoms with Crippen LogP contribution in [0, 0.1) is 0 Å². The highest BCUT2D eigenvalue weighted by molar-refractivity contribution is 7.99. The predicted octanol–water partition coefficient (Wildman–Crippen LogP) is 2.26. The van der Waals surface area contributed by atoms with E-state index in [-0.39, 0.29) is 6.04 Å². The Morgan fingerprint density at radius 2 is 2.24 bits per heavy atom. The molecule has 2 aromatic rings. The number of thioether (sulfide) groups is 1. The minimum Gasteiger partial charge on any atom is -0.322 e. The summed E-state index contributed by atoms with van der Waals surface area (Å²) in [6.07, 6.45) is 1.69. The Kier molecular flexibility index (Phi) is 4.04. The second kappa shape index (κ2) is 5.53. The minimum atomic E-state index is -0.101. The van der Waals surface area contributed by atoms with Crippen molar-refractivity contribution >= 4 is 23.4 Å². The van der Waals surface area contributed by atoms with E-state index in [9.17, 15) is 0 Å². The highest BCUT2D eigenvalue weighted by atomic mass is 35.5. The van der Waals surface area contributed by atoms with E-state index in [1.165, 1.54) is 0 Å². The summed E-state index contributed by atoms with van der Waals surface area (Å²) < 4.78 is 1.69. The van der Waals surface area contributed by atoms with Crippen molar-refractivity contribution in [2.24, 2.45) is 12.8 Å². The van der Waals surface area contributed by atoms with Gasteiger partial charge in [-0.2, -0.15) is 0 Å². The summed E-state index contributed by atoms with van der Waals surface area (Å²) in [5, 5.41) is 8.43. The van der Waals surface area contributed by atoms with E-state index in [1.807, 2.05) is 31.3 Å². The third-order valence-corrected chi connectivity index (χ3v) is 4.02. The number of benzene rings is 1. The van der Waals surface area contributed by atoms with E-state index in [4.69, 9.17) is 17.3 Å². The lowest BCUT2D eigenvalue weighted by molar-refractivity contribution is 0.640. The molecule has 0 radical (unpaired) electrons. The maximum Gasteiger partial charge on any atom is 0.0759 e. The Bertz CT molecular complexity index is 500. The summed E-state index contributed by atoms with van der Waals surface area (Å²) in [6.45, 7) is 0. The van der Waals surface area contributed by atoms with Gasteiger partial charge in [-0.25, -0.2) is 0 Å². The van der Waals surface area contributed by atoms with Crippen molar-refractivity contribution in [3.05, 3.63) is 41.2 Å². The van der Waals surface area contributed by atoms with Crippen LogP contribution < -0.4 is 5.73 Å². The molecule has 0 aliphatic rings. The molecule has 2 N–H and O–H groups in total. The average Bonchev–Trinajstić information content (AvgIpc) is 2.74. The Morgan fingerprint density at radius 1 is 1.47 bits per heavy atom. The van der Waals surface area contributed by atoms with Crippen molar-refractivity contribution in [2.75, 3.05) is 5.75 Å². The van der Waals surface area contributed by atoms with E-state index in [0.29, 0.717) is 0 Å². The molecule has 1 heterocycles. The molecule has 1 aromatic carbocycles.